The summed E-state index contributed by atoms with van der Waals surface area (Å²) in [7, 11) is 1.90. The summed E-state index contributed by atoms with van der Waals surface area (Å²) in [6.45, 7) is 0.591. The molecule has 0 saturated carbocycles. The molecule has 0 aliphatic heterocycles. The first-order chi connectivity index (χ1) is 10.2. The molecule has 0 atom stereocenters. The van der Waals surface area contributed by atoms with Crippen molar-refractivity contribution < 1.29 is 4.39 Å². The van der Waals surface area contributed by atoms with Crippen LogP contribution in [0.4, 0.5) is 10.3 Å². The van der Waals surface area contributed by atoms with Crippen LogP contribution in [0.5, 0.6) is 0 Å². The Morgan fingerprint density at radius 2 is 1.76 bits per heavy atom. The molecule has 1 aromatic heterocycles. The van der Waals surface area contributed by atoms with Gasteiger partial charge in [-0.2, -0.15) is 4.68 Å². The maximum absolute atomic E-state index is 12.9. The number of rotatable bonds is 4. The predicted molar refractivity (Wildman–Crippen MR) is 77.7 cm³/mol. The van der Waals surface area contributed by atoms with Crippen LogP contribution in [0.3, 0.4) is 0 Å². The van der Waals surface area contributed by atoms with Gasteiger partial charge in [-0.15, -0.1) is 0 Å². The third-order valence-corrected chi connectivity index (χ3v) is 3.13. The number of nitrogens with zero attached hydrogens (tertiary/aromatic N) is 5. The normalized spacial score (nSPS) is 10.6. The topological polar surface area (TPSA) is 46.8 Å². The van der Waals surface area contributed by atoms with E-state index in [0.29, 0.717) is 12.5 Å². The van der Waals surface area contributed by atoms with Crippen LogP contribution < -0.4 is 4.90 Å². The lowest BCUT2D eigenvalue weighted by Gasteiger charge is -2.17. The molecule has 0 aliphatic rings. The molecule has 0 N–H and O–H groups in total. The van der Waals surface area contributed by atoms with Gasteiger partial charge in [0.05, 0.1) is 5.69 Å². The Hall–Kier alpha value is -2.76. The minimum absolute atomic E-state index is 0.240. The molecule has 0 saturated heterocycles. The van der Waals surface area contributed by atoms with Crippen molar-refractivity contribution in [2.45, 2.75) is 6.54 Å². The summed E-state index contributed by atoms with van der Waals surface area (Å²) in [5, 5.41) is 11.8. The zero-order valence-corrected chi connectivity index (χ0v) is 11.5. The summed E-state index contributed by atoms with van der Waals surface area (Å²) in [4.78, 5) is 1.92. The third-order valence-electron chi connectivity index (χ3n) is 3.13. The highest BCUT2D eigenvalue weighted by Crippen LogP contribution is 2.16. The second kappa shape index (κ2) is 5.70. The average Bonchev–Trinajstić information content (AvgIpc) is 3.00. The molecule has 21 heavy (non-hydrogen) atoms. The highest BCUT2D eigenvalue weighted by Gasteiger charge is 2.13. The predicted octanol–water partition coefficient (Wildman–Crippen LogP) is 2.44. The van der Waals surface area contributed by atoms with Crippen molar-refractivity contribution in [1.29, 1.82) is 0 Å². The summed E-state index contributed by atoms with van der Waals surface area (Å²) in [5.74, 6) is 0.390. The van der Waals surface area contributed by atoms with Gasteiger partial charge >= 0.3 is 0 Å². The summed E-state index contributed by atoms with van der Waals surface area (Å²) in [6.07, 6.45) is 0. The van der Waals surface area contributed by atoms with E-state index in [2.05, 4.69) is 15.5 Å². The van der Waals surface area contributed by atoms with Crippen LogP contribution in [0.25, 0.3) is 5.69 Å². The Morgan fingerprint density at radius 3 is 2.48 bits per heavy atom. The summed E-state index contributed by atoms with van der Waals surface area (Å²) >= 11 is 0. The van der Waals surface area contributed by atoms with E-state index in [1.807, 2.05) is 42.3 Å². The Bertz CT molecular complexity index is 708. The van der Waals surface area contributed by atoms with Crippen LogP contribution in [0.1, 0.15) is 5.56 Å². The smallest absolute Gasteiger partial charge is 0.250 e. The molecule has 0 fully saturated rings. The van der Waals surface area contributed by atoms with E-state index in [1.165, 1.54) is 12.1 Å². The van der Waals surface area contributed by atoms with E-state index in [1.54, 1.807) is 16.8 Å². The van der Waals surface area contributed by atoms with E-state index in [4.69, 9.17) is 0 Å². The van der Waals surface area contributed by atoms with E-state index >= 15 is 0 Å². The molecule has 106 valence electrons. The molecule has 3 aromatic rings. The Morgan fingerprint density at radius 1 is 1.05 bits per heavy atom. The van der Waals surface area contributed by atoms with Crippen LogP contribution in [-0.4, -0.2) is 27.3 Å². The van der Waals surface area contributed by atoms with Crippen molar-refractivity contribution in [3.8, 4) is 5.69 Å². The fourth-order valence-corrected chi connectivity index (χ4v) is 2.09. The van der Waals surface area contributed by atoms with E-state index < -0.39 is 0 Å². The second-order valence-corrected chi connectivity index (χ2v) is 4.71. The average molecular weight is 283 g/mol. The number of anilines is 1. The molecular formula is C15H14FN5. The highest BCUT2D eigenvalue weighted by molar-refractivity contribution is 5.40. The quantitative estimate of drug-likeness (QED) is 0.738. The lowest BCUT2D eigenvalue weighted by atomic mass is 10.2. The zero-order chi connectivity index (χ0) is 14.7. The van der Waals surface area contributed by atoms with Gasteiger partial charge in [0, 0.05) is 13.6 Å². The van der Waals surface area contributed by atoms with Crippen LogP contribution in [0.2, 0.25) is 0 Å². The van der Waals surface area contributed by atoms with Crippen molar-refractivity contribution in [1.82, 2.24) is 20.2 Å². The van der Waals surface area contributed by atoms with Crippen molar-refractivity contribution in [2.75, 3.05) is 11.9 Å². The van der Waals surface area contributed by atoms with Crippen LogP contribution in [0, 0.1) is 5.82 Å². The monoisotopic (exact) mass is 283 g/mol. The number of para-hydroxylation sites is 1. The molecule has 0 amide bonds. The number of tetrazole rings is 1. The van der Waals surface area contributed by atoms with Crippen LogP contribution in [-0.2, 0) is 6.54 Å². The van der Waals surface area contributed by atoms with Gasteiger partial charge in [-0.3, -0.25) is 0 Å². The van der Waals surface area contributed by atoms with Gasteiger partial charge in [-0.1, -0.05) is 35.4 Å². The van der Waals surface area contributed by atoms with Crippen molar-refractivity contribution in [2.24, 2.45) is 0 Å². The van der Waals surface area contributed by atoms with E-state index in [-0.39, 0.29) is 5.82 Å². The summed E-state index contributed by atoms with van der Waals surface area (Å²) < 4.78 is 14.6. The molecule has 0 aliphatic carbocycles. The molecule has 5 nitrogen and oxygen atoms in total. The first-order valence-electron chi connectivity index (χ1n) is 6.53. The first kappa shape index (κ1) is 13.2. The minimum atomic E-state index is -0.240. The Kier molecular flexibility index (Phi) is 3.59. The standard InChI is InChI=1S/C15H14FN5/c1-20(11-12-7-9-13(16)10-8-12)15-17-18-19-21(15)14-5-3-2-4-6-14/h2-10H,11H2,1H3. The molecule has 3 rings (SSSR count). The van der Waals surface area contributed by atoms with Crippen LogP contribution in [0.15, 0.2) is 54.6 Å². The van der Waals surface area contributed by atoms with Gasteiger partial charge in [-0.05, 0) is 40.3 Å². The molecule has 0 unspecified atom stereocenters. The number of hydrogen-bond acceptors (Lipinski definition) is 4. The molecule has 0 radical (unpaired) electrons. The van der Waals surface area contributed by atoms with Gasteiger partial charge in [0.1, 0.15) is 5.82 Å². The van der Waals surface area contributed by atoms with Gasteiger partial charge in [-0.25, -0.2) is 4.39 Å². The minimum Gasteiger partial charge on any atom is -0.338 e. The molecule has 6 heteroatoms. The fraction of sp³-hybridized carbons (Fsp3) is 0.133. The summed E-state index contributed by atoms with van der Waals surface area (Å²) in [5.41, 5.74) is 1.88. The number of aromatic nitrogens is 4. The van der Waals surface area contributed by atoms with Gasteiger partial charge in [0.15, 0.2) is 0 Å². The lowest BCUT2D eigenvalue weighted by molar-refractivity contribution is 0.626. The second-order valence-electron chi connectivity index (χ2n) is 4.71. The zero-order valence-electron chi connectivity index (χ0n) is 11.5. The van der Waals surface area contributed by atoms with E-state index in [0.717, 1.165) is 11.3 Å². The number of halogens is 1. The molecule has 2 aromatic carbocycles. The Labute approximate surface area is 121 Å². The summed E-state index contributed by atoms with van der Waals surface area (Å²) in [6, 6.07) is 16.1. The van der Waals surface area contributed by atoms with E-state index in [9.17, 15) is 4.39 Å². The molecule has 0 bridgehead atoms. The maximum Gasteiger partial charge on any atom is 0.250 e. The molecule has 0 spiro atoms. The Balaban J connectivity index is 1.84. The first-order valence-corrected chi connectivity index (χ1v) is 6.53. The van der Waals surface area contributed by atoms with Crippen molar-refractivity contribution >= 4 is 5.95 Å². The van der Waals surface area contributed by atoms with Gasteiger partial charge in [0.25, 0.3) is 0 Å². The molecule has 1 heterocycles. The highest BCUT2D eigenvalue weighted by atomic mass is 19.1. The lowest BCUT2D eigenvalue weighted by Crippen LogP contribution is -2.20. The maximum atomic E-state index is 12.9. The van der Waals surface area contributed by atoms with Crippen molar-refractivity contribution in [3.63, 3.8) is 0 Å². The number of benzene rings is 2. The third kappa shape index (κ3) is 2.89. The number of hydrogen-bond donors (Lipinski definition) is 0. The fourth-order valence-electron chi connectivity index (χ4n) is 2.09. The largest absolute Gasteiger partial charge is 0.338 e. The van der Waals surface area contributed by atoms with Crippen LogP contribution >= 0.6 is 0 Å². The molecular weight excluding hydrogens is 269 g/mol. The van der Waals surface area contributed by atoms with Crippen molar-refractivity contribution in [3.05, 3.63) is 66.0 Å². The van der Waals surface area contributed by atoms with Gasteiger partial charge in [0.2, 0.25) is 5.95 Å². The van der Waals surface area contributed by atoms with Gasteiger partial charge < -0.3 is 4.90 Å². The SMILES string of the molecule is CN(Cc1ccc(F)cc1)c1nnnn1-c1ccccc1.